The third kappa shape index (κ3) is 1.49. The van der Waals surface area contributed by atoms with E-state index in [0.717, 1.165) is 0 Å². The zero-order valence-electron chi connectivity index (χ0n) is 6.90. The van der Waals surface area contributed by atoms with Gasteiger partial charge in [0.1, 0.15) is 4.90 Å². The van der Waals surface area contributed by atoms with Crippen LogP contribution in [0.1, 0.15) is 6.42 Å². The standard InChI is InChI=1S/C7H9N3O2S/c11-13(12)5-1-3-8-7-6(13)2-4-9-10-7/h2,4H,1,3,5H2,(H,8,10). The van der Waals surface area contributed by atoms with Gasteiger partial charge in [0.05, 0.1) is 11.9 Å². The number of rotatable bonds is 0. The maximum absolute atomic E-state index is 11.6. The Morgan fingerprint density at radius 3 is 3.15 bits per heavy atom. The summed E-state index contributed by atoms with van der Waals surface area (Å²) in [6, 6.07) is 1.48. The minimum absolute atomic E-state index is 0.179. The van der Waals surface area contributed by atoms with Crippen LogP contribution in [0.25, 0.3) is 0 Å². The van der Waals surface area contributed by atoms with Gasteiger partial charge >= 0.3 is 0 Å². The second kappa shape index (κ2) is 2.95. The third-order valence-electron chi connectivity index (χ3n) is 1.90. The highest BCUT2D eigenvalue weighted by atomic mass is 32.2. The molecule has 0 saturated carbocycles. The van der Waals surface area contributed by atoms with Crippen LogP contribution in [0.4, 0.5) is 5.82 Å². The lowest BCUT2D eigenvalue weighted by Crippen LogP contribution is -2.05. The zero-order valence-corrected chi connectivity index (χ0v) is 7.71. The molecule has 2 heterocycles. The molecule has 1 aromatic heterocycles. The van der Waals surface area contributed by atoms with Crippen LogP contribution in [0.2, 0.25) is 0 Å². The van der Waals surface area contributed by atoms with Crippen LogP contribution >= 0.6 is 0 Å². The Labute approximate surface area is 76.1 Å². The second-order valence-electron chi connectivity index (χ2n) is 2.84. The molecule has 1 aromatic rings. The molecule has 0 aromatic carbocycles. The van der Waals surface area contributed by atoms with Gasteiger partial charge in [0, 0.05) is 6.54 Å². The smallest absolute Gasteiger partial charge is 0.182 e. The molecule has 0 unspecified atom stereocenters. The summed E-state index contributed by atoms with van der Waals surface area (Å²) in [7, 11) is -3.14. The van der Waals surface area contributed by atoms with Gasteiger partial charge in [-0.15, -0.1) is 5.10 Å². The highest BCUT2D eigenvalue weighted by Gasteiger charge is 2.22. The summed E-state index contributed by atoms with van der Waals surface area (Å²) in [6.45, 7) is 0.630. The maximum atomic E-state index is 11.6. The van der Waals surface area contributed by atoms with Crippen LogP contribution in [-0.2, 0) is 9.84 Å². The van der Waals surface area contributed by atoms with Gasteiger partial charge in [-0.25, -0.2) is 8.42 Å². The van der Waals surface area contributed by atoms with E-state index in [0.29, 0.717) is 18.8 Å². The molecule has 70 valence electrons. The van der Waals surface area contributed by atoms with E-state index in [-0.39, 0.29) is 10.6 Å². The molecule has 2 rings (SSSR count). The first kappa shape index (κ1) is 8.43. The number of fused-ring (bicyclic) bond motifs is 1. The molecule has 0 spiro atoms. The van der Waals surface area contributed by atoms with Gasteiger partial charge in [0.25, 0.3) is 0 Å². The Kier molecular flexibility index (Phi) is 1.91. The van der Waals surface area contributed by atoms with Crippen LogP contribution in [0.15, 0.2) is 17.2 Å². The second-order valence-corrected chi connectivity index (χ2v) is 4.92. The largest absolute Gasteiger partial charge is 0.367 e. The van der Waals surface area contributed by atoms with Crippen molar-refractivity contribution in [3.05, 3.63) is 12.3 Å². The predicted molar refractivity (Wildman–Crippen MR) is 47.2 cm³/mol. The fourth-order valence-corrected chi connectivity index (χ4v) is 2.69. The van der Waals surface area contributed by atoms with Crippen LogP contribution in [0.3, 0.4) is 0 Å². The molecule has 6 heteroatoms. The number of nitrogens with one attached hydrogen (secondary N) is 1. The van der Waals surface area contributed by atoms with Crippen molar-refractivity contribution in [1.82, 2.24) is 10.2 Å². The number of hydrogen-bond acceptors (Lipinski definition) is 5. The highest BCUT2D eigenvalue weighted by molar-refractivity contribution is 7.91. The van der Waals surface area contributed by atoms with E-state index >= 15 is 0 Å². The number of sulfone groups is 1. The number of hydrogen-bond donors (Lipinski definition) is 1. The molecule has 0 amide bonds. The van der Waals surface area contributed by atoms with E-state index in [1.807, 2.05) is 0 Å². The van der Waals surface area contributed by atoms with Crippen molar-refractivity contribution < 1.29 is 8.42 Å². The Bertz CT molecular complexity index is 416. The Balaban J connectivity index is 2.62. The molecule has 0 atom stereocenters. The summed E-state index contributed by atoms with van der Waals surface area (Å²) >= 11 is 0. The summed E-state index contributed by atoms with van der Waals surface area (Å²) in [5, 5.41) is 10.3. The van der Waals surface area contributed by atoms with Crippen LogP contribution in [0.5, 0.6) is 0 Å². The van der Waals surface area contributed by atoms with E-state index in [1.54, 1.807) is 0 Å². The number of nitrogens with zero attached hydrogens (tertiary/aromatic N) is 2. The first-order chi connectivity index (χ1) is 6.20. The topological polar surface area (TPSA) is 72.0 Å². The average Bonchev–Trinajstić information content (AvgIpc) is 2.26. The summed E-state index contributed by atoms with van der Waals surface area (Å²) in [4.78, 5) is 0.264. The molecule has 0 aliphatic carbocycles. The first-order valence-electron chi connectivity index (χ1n) is 3.98. The third-order valence-corrected chi connectivity index (χ3v) is 3.73. The first-order valence-corrected chi connectivity index (χ1v) is 5.64. The van der Waals surface area contributed by atoms with E-state index < -0.39 is 9.84 Å². The fraction of sp³-hybridized carbons (Fsp3) is 0.429. The van der Waals surface area contributed by atoms with Gasteiger partial charge in [-0.2, -0.15) is 5.10 Å². The van der Waals surface area contributed by atoms with Crippen LogP contribution in [-0.4, -0.2) is 30.9 Å². The van der Waals surface area contributed by atoms with Crippen molar-refractivity contribution in [2.24, 2.45) is 0 Å². The van der Waals surface area contributed by atoms with E-state index in [1.165, 1.54) is 12.3 Å². The summed E-state index contributed by atoms with van der Waals surface area (Å²) < 4.78 is 23.2. The quantitative estimate of drug-likeness (QED) is 0.640. The Morgan fingerprint density at radius 2 is 2.31 bits per heavy atom. The van der Waals surface area contributed by atoms with Crippen molar-refractivity contribution in [2.45, 2.75) is 11.3 Å². The zero-order chi connectivity index (χ0) is 9.31. The lowest BCUT2D eigenvalue weighted by Gasteiger charge is -2.02. The lowest BCUT2D eigenvalue weighted by atomic mass is 10.4. The molecule has 13 heavy (non-hydrogen) atoms. The van der Waals surface area contributed by atoms with Crippen LogP contribution < -0.4 is 5.32 Å². The summed E-state index contributed by atoms with van der Waals surface area (Å²) in [5.41, 5.74) is 0. The summed E-state index contributed by atoms with van der Waals surface area (Å²) in [6.07, 6.45) is 2.00. The monoisotopic (exact) mass is 199 g/mol. The van der Waals surface area contributed by atoms with Crippen molar-refractivity contribution in [3.8, 4) is 0 Å². The molecule has 0 saturated heterocycles. The van der Waals surface area contributed by atoms with Crippen molar-refractivity contribution in [3.63, 3.8) is 0 Å². The normalized spacial score (nSPS) is 19.7. The fourth-order valence-electron chi connectivity index (χ4n) is 1.27. The average molecular weight is 199 g/mol. The molecule has 1 aliphatic heterocycles. The van der Waals surface area contributed by atoms with Crippen molar-refractivity contribution in [1.29, 1.82) is 0 Å². The van der Waals surface area contributed by atoms with E-state index in [9.17, 15) is 8.42 Å². The van der Waals surface area contributed by atoms with Gasteiger partial charge in [-0.3, -0.25) is 0 Å². The molecule has 0 bridgehead atoms. The molecule has 0 fully saturated rings. The SMILES string of the molecule is O=S1(=O)CCCNc2nnccc21. The molecule has 1 aliphatic rings. The van der Waals surface area contributed by atoms with Crippen molar-refractivity contribution >= 4 is 15.7 Å². The maximum Gasteiger partial charge on any atom is 0.182 e. The Morgan fingerprint density at radius 1 is 1.46 bits per heavy atom. The van der Waals surface area contributed by atoms with Crippen molar-refractivity contribution in [2.75, 3.05) is 17.6 Å². The molecular formula is C7H9N3O2S. The number of anilines is 1. The lowest BCUT2D eigenvalue weighted by molar-refractivity contribution is 0.595. The molecule has 1 N–H and O–H groups in total. The predicted octanol–water partition coefficient (Wildman–Crippen LogP) is 0.0659. The van der Waals surface area contributed by atoms with Gasteiger partial charge in [0.15, 0.2) is 15.7 Å². The van der Waals surface area contributed by atoms with Crippen LogP contribution in [0, 0.1) is 0 Å². The van der Waals surface area contributed by atoms with E-state index in [2.05, 4.69) is 15.5 Å². The highest BCUT2D eigenvalue weighted by Crippen LogP contribution is 2.21. The molecule has 0 radical (unpaired) electrons. The Hall–Kier alpha value is -1.17. The number of aromatic nitrogens is 2. The minimum atomic E-state index is -3.14. The minimum Gasteiger partial charge on any atom is -0.367 e. The van der Waals surface area contributed by atoms with Gasteiger partial charge in [-0.1, -0.05) is 0 Å². The van der Waals surface area contributed by atoms with Gasteiger partial charge in [-0.05, 0) is 12.5 Å². The molecule has 5 nitrogen and oxygen atoms in total. The summed E-state index contributed by atoms with van der Waals surface area (Å²) in [5.74, 6) is 0.554. The van der Waals surface area contributed by atoms with Gasteiger partial charge in [0.2, 0.25) is 0 Å². The molecular weight excluding hydrogens is 190 g/mol. The van der Waals surface area contributed by atoms with E-state index in [4.69, 9.17) is 0 Å². The van der Waals surface area contributed by atoms with Gasteiger partial charge < -0.3 is 5.32 Å².